The zero-order valence-corrected chi connectivity index (χ0v) is 31.5. The molecule has 0 radical (unpaired) electrons. The topological polar surface area (TPSA) is 137 Å². The van der Waals surface area contributed by atoms with Crippen LogP contribution in [0.5, 0.6) is 0 Å². The predicted octanol–water partition coefficient (Wildman–Crippen LogP) is 9.05. The fourth-order valence-corrected chi connectivity index (χ4v) is 6.28. The van der Waals surface area contributed by atoms with Crippen LogP contribution in [0.25, 0.3) is 0 Å². The van der Waals surface area contributed by atoms with E-state index in [1.165, 1.54) is 173 Å². The molecule has 5 atom stereocenters. The summed E-state index contributed by atoms with van der Waals surface area (Å²) in [5.74, 6) is 0.0269. The van der Waals surface area contributed by atoms with Gasteiger partial charge in [0.15, 0.2) is 6.29 Å². The number of unbranched alkanes of at least 4 members (excludes halogenated alkanes) is 27. The minimum Gasteiger partial charge on any atom is -0.466 e. The molecule has 0 spiro atoms. The van der Waals surface area contributed by atoms with Crippen LogP contribution >= 0.6 is 0 Å². The monoisotopic (exact) mass is 689 g/mol. The van der Waals surface area contributed by atoms with Crippen LogP contribution in [0.3, 0.4) is 0 Å². The lowest BCUT2D eigenvalue weighted by Crippen LogP contribution is -2.58. The largest absolute Gasteiger partial charge is 0.466 e. The Bertz CT molecular complexity index is 658. The van der Waals surface area contributed by atoms with Crippen molar-refractivity contribution < 1.29 is 39.8 Å². The molecule has 8 nitrogen and oxygen atoms in total. The first-order valence-electron chi connectivity index (χ1n) is 20.5. The Balaban J connectivity index is 0.00000153. The highest BCUT2D eigenvalue weighted by molar-refractivity contribution is 5.69. The molecule has 1 saturated heterocycles. The standard InChI is InChI=1S/C34H68O2.C6H12O6/c1-3-5-7-9-11-13-15-17-18-19-21-23-25-27-29-31-33-36-34(35)32-30-28-26-24-22-20-16-14-12-10-8-6-4-2;7-1-2-3(8)4(9)5(10)6(11)12-2/h3-33H2,1-2H3;2-11H,1H2/t;2-,3-,4+,5-,6-/m.1/s1. The summed E-state index contributed by atoms with van der Waals surface area (Å²) in [6, 6.07) is 0. The number of rotatable bonds is 32. The third-order valence-electron chi connectivity index (χ3n) is 9.61. The molecule has 0 aliphatic carbocycles. The third-order valence-corrected chi connectivity index (χ3v) is 9.61. The molecule has 8 heteroatoms. The number of hydrogen-bond donors (Lipinski definition) is 5. The lowest BCUT2D eigenvalue weighted by atomic mass is 10.00. The van der Waals surface area contributed by atoms with E-state index in [2.05, 4.69) is 18.6 Å². The number of hydrogen-bond acceptors (Lipinski definition) is 8. The Morgan fingerprint density at radius 1 is 0.479 bits per heavy atom. The molecule has 0 amide bonds. The van der Waals surface area contributed by atoms with Crippen molar-refractivity contribution in [2.75, 3.05) is 13.2 Å². The molecule has 0 saturated carbocycles. The molecule has 0 bridgehead atoms. The zero-order valence-electron chi connectivity index (χ0n) is 31.5. The van der Waals surface area contributed by atoms with Crippen LogP contribution in [0.15, 0.2) is 0 Å². The maximum absolute atomic E-state index is 11.9. The molecule has 0 aromatic rings. The van der Waals surface area contributed by atoms with Gasteiger partial charge in [-0.05, 0) is 12.8 Å². The molecule has 5 N–H and O–H groups in total. The fourth-order valence-electron chi connectivity index (χ4n) is 6.28. The summed E-state index contributed by atoms with van der Waals surface area (Å²) < 4.78 is 10.0. The first-order chi connectivity index (χ1) is 23.4. The van der Waals surface area contributed by atoms with Gasteiger partial charge in [-0.3, -0.25) is 4.79 Å². The van der Waals surface area contributed by atoms with E-state index in [0.29, 0.717) is 13.0 Å². The van der Waals surface area contributed by atoms with Gasteiger partial charge in [0.25, 0.3) is 0 Å². The molecule has 48 heavy (non-hydrogen) atoms. The number of esters is 1. The van der Waals surface area contributed by atoms with Crippen molar-refractivity contribution in [1.82, 2.24) is 0 Å². The number of carbonyl (C=O) groups excluding carboxylic acids is 1. The maximum atomic E-state index is 11.9. The highest BCUT2D eigenvalue weighted by atomic mass is 16.6. The van der Waals surface area contributed by atoms with E-state index < -0.39 is 37.3 Å². The van der Waals surface area contributed by atoms with Gasteiger partial charge in [0.1, 0.15) is 24.4 Å². The molecule has 0 unspecified atom stereocenters. The summed E-state index contributed by atoms with van der Waals surface area (Å²) >= 11 is 0. The van der Waals surface area contributed by atoms with Gasteiger partial charge in [-0.25, -0.2) is 0 Å². The number of carbonyl (C=O) groups is 1. The summed E-state index contributed by atoms with van der Waals surface area (Å²) in [5.41, 5.74) is 0. The van der Waals surface area contributed by atoms with Gasteiger partial charge in [0.2, 0.25) is 0 Å². The quantitative estimate of drug-likeness (QED) is 0.0349. The second kappa shape index (κ2) is 36.0. The van der Waals surface area contributed by atoms with Gasteiger partial charge in [0, 0.05) is 6.42 Å². The van der Waals surface area contributed by atoms with E-state index in [-0.39, 0.29) is 5.97 Å². The van der Waals surface area contributed by atoms with Crippen LogP contribution in [0, 0.1) is 0 Å². The predicted molar refractivity (Wildman–Crippen MR) is 197 cm³/mol. The van der Waals surface area contributed by atoms with Gasteiger partial charge in [0.05, 0.1) is 13.2 Å². The first-order valence-corrected chi connectivity index (χ1v) is 20.5. The number of aliphatic hydroxyl groups excluding tert-OH is 5. The van der Waals surface area contributed by atoms with Gasteiger partial charge in [-0.15, -0.1) is 0 Å². The van der Waals surface area contributed by atoms with E-state index in [1.807, 2.05) is 0 Å². The normalized spacial score (nSPS) is 20.8. The van der Waals surface area contributed by atoms with Crippen molar-refractivity contribution >= 4 is 5.97 Å². The third kappa shape index (κ3) is 29.0. The summed E-state index contributed by atoms with van der Waals surface area (Å²) in [7, 11) is 0. The Labute approximate surface area is 295 Å². The van der Waals surface area contributed by atoms with Crippen LogP contribution in [0.4, 0.5) is 0 Å². The molecule has 0 aromatic heterocycles. The molecule has 288 valence electrons. The molecule has 1 aliphatic heterocycles. The molecule has 1 heterocycles. The second-order valence-corrected chi connectivity index (χ2v) is 14.2. The van der Waals surface area contributed by atoms with Crippen LogP contribution in [0.1, 0.15) is 206 Å². The summed E-state index contributed by atoms with van der Waals surface area (Å²) in [4.78, 5) is 11.9. The van der Waals surface area contributed by atoms with E-state index in [1.54, 1.807) is 0 Å². The van der Waals surface area contributed by atoms with E-state index in [4.69, 9.17) is 30.3 Å². The average molecular weight is 689 g/mol. The van der Waals surface area contributed by atoms with Crippen molar-refractivity contribution in [2.24, 2.45) is 0 Å². The molecular formula is C40H80O8. The van der Waals surface area contributed by atoms with Crippen molar-refractivity contribution in [3.05, 3.63) is 0 Å². The van der Waals surface area contributed by atoms with E-state index in [9.17, 15) is 4.79 Å². The van der Waals surface area contributed by atoms with Gasteiger partial charge in [-0.2, -0.15) is 0 Å². The van der Waals surface area contributed by atoms with Crippen LogP contribution in [-0.2, 0) is 14.3 Å². The van der Waals surface area contributed by atoms with Gasteiger partial charge in [-0.1, -0.05) is 187 Å². The van der Waals surface area contributed by atoms with Crippen LogP contribution < -0.4 is 0 Å². The van der Waals surface area contributed by atoms with Gasteiger partial charge < -0.3 is 35.0 Å². The fraction of sp³-hybridized carbons (Fsp3) is 0.975. The van der Waals surface area contributed by atoms with Crippen molar-refractivity contribution in [1.29, 1.82) is 0 Å². The van der Waals surface area contributed by atoms with Crippen molar-refractivity contribution in [3.63, 3.8) is 0 Å². The molecular weight excluding hydrogens is 608 g/mol. The SMILES string of the molecule is CCCCCCCCCCCCCCCCCCOC(=O)CCCCCCCCCCCCCCC.OC[C@H]1O[C@@H](O)[C@H](O)[C@@H](O)[C@@H]1O. The molecule has 1 aliphatic rings. The number of aliphatic hydroxyl groups is 5. The minimum atomic E-state index is -1.57. The molecule has 1 rings (SSSR count). The highest BCUT2D eigenvalue weighted by Gasteiger charge is 2.42. The van der Waals surface area contributed by atoms with Gasteiger partial charge >= 0.3 is 5.97 Å². The lowest BCUT2D eigenvalue weighted by Gasteiger charge is -2.37. The highest BCUT2D eigenvalue weighted by Crippen LogP contribution is 2.19. The van der Waals surface area contributed by atoms with Crippen LogP contribution in [-0.4, -0.2) is 75.4 Å². The summed E-state index contributed by atoms with van der Waals surface area (Å²) in [6.45, 7) is 4.68. The number of ether oxygens (including phenoxy) is 2. The Hall–Kier alpha value is -0.770. The molecule has 1 fully saturated rings. The van der Waals surface area contributed by atoms with Crippen molar-refractivity contribution in [3.8, 4) is 0 Å². The maximum Gasteiger partial charge on any atom is 0.305 e. The molecule has 0 aromatic carbocycles. The lowest BCUT2D eigenvalue weighted by molar-refractivity contribution is -0.286. The smallest absolute Gasteiger partial charge is 0.305 e. The Morgan fingerprint density at radius 3 is 1.17 bits per heavy atom. The van der Waals surface area contributed by atoms with E-state index in [0.717, 1.165) is 12.8 Å². The van der Waals surface area contributed by atoms with E-state index >= 15 is 0 Å². The Kier molecular flexibility index (Phi) is 35.5. The zero-order chi connectivity index (χ0) is 35.5. The first kappa shape index (κ1) is 47.2. The second-order valence-electron chi connectivity index (χ2n) is 14.2. The summed E-state index contributed by atoms with van der Waals surface area (Å²) in [5, 5.41) is 44.7. The van der Waals surface area contributed by atoms with Crippen molar-refractivity contribution in [2.45, 2.75) is 237 Å². The van der Waals surface area contributed by atoms with Crippen LogP contribution in [0.2, 0.25) is 0 Å². The minimum absolute atomic E-state index is 0.0269. The summed E-state index contributed by atoms with van der Waals surface area (Å²) in [6.07, 6.45) is 33.1. The average Bonchev–Trinajstić information content (AvgIpc) is 3.09. The Morgan fingerprint density at radius 2 is 0.812 bits per heavy atom.